The lowest BCUT2D eigenvalue weighted by atomic mass is 10.1. The highest BCUT2D eigenvalue weighted by Crippen LogP contribution is 2.52. The minimum absolute atomic E-state index is 0.736. The molecular weight excluding hydrogens is 311 g/mol. The molecule has 1 nitrogen and oxygen atoms in total. The molecule has 3 aromatic carbocycles. The minimum atomic E-state index is -2.64. The number of rotatable bonds is 2. The van der Waals surface area contributed by atoms with Crippen LogP contribution in [0.25, 0.3) is 16.8 Å². The SMILES string of the molecule is CP(=O)(C1=CC=Cc2ccccc2C1)c1cccc2ccccc12. The summed E-state index contributed by atoms with van der Waals surface area (Å²) in [6.07, 6.45) is 6.91. The van der Waals surface area contributed by atoms with Crippen LogP contribution >= 0.6 is 7.14 Å². The first-order chi connectivity index (χ1) is 11.7. The first kappa shape index (κ1) is 15.2. The van der Waals surface area contributed by atoms with Gasteiger partial charge in [-0.25, -0.2) is 0 Å². The molecule has 0 bridgehead atoms. The highest BCUT2D eigenvalue weighted by atomic mass is 31.2. The third-order valence-electron chi connectivity index (χ3n) is 4.77. The normalized spacial score (nSPS) is 16.1. The second kappa shape index (κ2) is 5.92. The molecule has 0 amide bonds. The van der Waals surface area contributed by atoms with Crippen LogP contribution in [-0.2, 0) is 11.0 Å². The summed E-state index contributed by atoms with van der Waals surface area (Å²) in [6.45, 7) is 1.91. The van der Waals surface area contributed by atoms with Gasteiger partial charge in [-0.05, 0) is 33.9 Å². The monoisotopic (exact) mass is 330 g/mol. The molecule has 0 aliphatic heterocycles. The Labute approximate surface area is 142 Å². The molecule has 0 radical (unpaired) electrons. The standard InChI is InChI=1S/C22H19OP/c1-24(23,22-15-7-12-18-9-4-5-14-21(18)22)20-13-6-11-17-8-2-3-10-19(17)16-20/h2-15H,16H2,1H3. The molecular formula is C22H19OP. The van der Waals surface area contributed by atoms with E-state index in [0.717, 1.165) is 27.8 Å². The Bertz CT molecular complexity index is 1020. The van der Waals surface area contributed by atoms with Gasteiger partial charge in [0.1, 0.15) is 7.14 Å². The zero-order chi connectivity index (χ0) is 16.6. The topological polar surface area (TPSA) is 17.1 Å². The van der Waals surface area contributed by atoms with Crippen LogP contribution in [0.4, 0.5) is 0 Å². The van der Waals surface area contributed by atoms with E-state index >= 15 is 0 Å². The molecule has 3 aromatic rings. The minimum Gasteiger partial charge on any atom is -0.314 e. The summed E-state index contributed by atoms with van der Waals surface area (Å²) in [7, 11) is -2.64. The summed E-state index contributed by atoms with van der Waals surface area (Å²) in [5.74, 6) is 0. The molecule has 1 unspecified atom stereocenters. The molecule has 0 saturated carbocycles. The van der Waals surface area contributed by atoms with Crippen molar-refractivity contribution in [2.24, 2.45) is 0 Å². The molecule has 0 saturated heterocycles. The van der Waals surface area contributed by atoms with E-state index in [0.29, 0.717) is 0 Å². The van der Waals surface area contributed by atoms with E-state index in [9.17, 15) is 4.57 Å². The average molecular weight is 330 g/mol. The van der Waals surface area contributed by atoms with Crippen LogP contribution in [0.3, 0.4) is 0 Å². The van der Waals surface area contributed by atoms with Gasteiger partial charge in [-0.3, -0.25) is 0 Å². The van der Waals surface area contributed by atoms with Crippen molar-refractivity contribution in [3.8, 4) is 0 Å². The van der Waals surface area contributed by atoms with Crippen molar-refractivity contribution in [1.29, 1.82) is 0 Å². The highest BCUT2D eigenvalue weighted by Gasteiger charge is 2.26. The first-order valence-electron chi connectivity index (χ1n) is 8.18. The summed E-state index contributed by atoms with van der Waals surface area (Å²) in [6, 6.07) is 22.6. The predicted molar refractivity (Wildman–Crippen MR) is 104 cm³/mol. The Morgan fingerprint density at radius 2 is 1.62 bits per heavy atom. The van der Waals surface area contributed by atoms with Crippen LogP contribution in [-0.4, -0.2) is 6.66 Å². The Morgan fingerprint density at radius 3 is 2.54 bits per heavy atom. The zero-order valence-electron chi connectivity index (χ0n) is 13.6. The highest BCUT2D eigenvalue weighted by molar-refractivity contribution is 7.75. The smallest absolute Gasteiger partial charge is 0.137 e. The lowest BCUT2D eigenvalue weighted by Gasteiger charge is -2.19. The number of allylic oxidation sites excluding steroid dienone is 3. The van der Waals surface area contributed by atoms with Crippen LogP contribution in [0.1, 0.15) is 11.1 Å². The molecule has 0 aromatic heterocycles. The summed E-state index contributed by atoms with van der Waals surface area (Å²) in [5.41, 5.74) is 2.45. The molecule has 1 aliphatic carbocycles. The molecule has 0 heterocycles. The lowest BCUT2D eigenvalue weighted by molar-refractivity contribution is 0.588. The van der Waals surface area contributed by atoms with Crippen molar-refractivity contribution < 1.29 is 4.57 Å². The van der Waals surface area contributed by atoms with Crippen LogP contribution in [0.2, 0.25) is 0 Å². The largest absolute Gasteiger partial charge is 0.314 e. The molecule has 4 rings (SSSR count). The van der Waals surface area contributed by atoms with Gasteiger partial charge in [-0.2, -0.15) is 0 Å². The maximum Gasteiger partial charge on any atom is 0.137 e. The fraction of sp³-hybridized carbons (Fsp3) is 0.0909. The Morgan fingerprint density at radius 1 is 0.875 bits per heavy atom. The van der Waals surface area contributed by atoms with Crippen molar-refractivity contribution in [3.63, 3.8) is 0 Å². The van der Waals surface area contributed by atoms with Crippen LogP contribution in [0, 0.1) is 0 Å². The van der Waals surface area contributed by atoms with Crippen LogP contribution in [0.15, 0.2) is 84.2 Å². The van der Waals surface area contributed by atoms with Gasteiger partial charge in [0.15, 0.2) is 0 Å². The maximum atomic E-state index is 13.8. The van der Waals surface area contributed by atoms with E-state index in [1.807, 2.05) is 55.2 Å². The number of fused-ring (bicyclic) bond motifs is 2. The second-order valence-corrected chi connectivity index (χ2v) is 9.22. The molecule has 2 heteroatoms. The van der Waals surface area contributed by atoms with Gasteiger partial charge in [0, 0.05) is 11.7 Å². The first-order valence-corrected chi connectivity index (χ1v) is 10.3. The number of hydrogen-bond donors (Lipinski definition) is 0. The van der Waals surface area contributed by atoms with Gasteiger partial charge in [-0.15, -0.1) is 0 Å². The van der Waals surface area contributed by atoms with Gasteiger partial charge in [-0.1, -0.05) is 85.0 Å². The third-order valence-corrected chi connectivity index (χ3v) is 7.48. The predicted octanol–water partition coefficient (Wildman–Crippen LogP) is 5.61. The zero-order valence-corrected chi connectivity index (χ0v) is 14.5. The quantitative estimate of drug-likeness (QED) is 0.558. The fourth-order valence-corrected chi connectivity index (χ4v) is 5.59. The molecule has 118 valence electrons. The fourth-order valence-electron chi connectivity index (χ4n) is 3.40. The van der Waals surface area contributed by atoms with Crippen molar-refractivity contribution in [2.45, 2.75) is 6.42 Å². The number of hydrogen-bond acceptors (Lipinski definition) is 1. The molecule has 0 spiro atoms. The summed E-state index contributed by atoms with van der Waals surface area (Å²) >= 11 is 0. The van der Waals surface area contributed by atoms with E-state index in [1.54, 1.807) is 0 Å². The Balaban J connectivity index is 1.85. The molecule has 0 N–H and O–H groups in total. The van der Waals surface area contributed by atoms with E-state index in [2.05, 4.69) is 36.4 Å². The maximum absolute atomic E-state index is 13.8. The Hall–Kier alpha value is -2.37. The average Bonchev–Trinajstić information content (AvgIpc) is 2.84. The van der Waals surface area contributed by atoms with Gasteiger partial charge >= 0.3 is 0 Å². The second-order valence-electron chi connectivity index (χ2n) is 6.32. The van der Waals surface area contributed by atoms with E-state index < -0.39 is 7.14 Å². The van der Waals surface area contributed by atoms with E-state index in [-0.39, 0.29) is 0 Å². The van der Waals surface area contributed by atoms with E-state index in [1.165, 1.54) is 11.1 Å². The summed E-state index contributed by atoms with van der Waals surface area (Å²) in [5, 5.41) is 4.20. The van der Waals surface area contributed by atoms with Crippen LogP contribution in [0.5, 0.6) is 0 Å². The van der Waals surface area contributed by atoms with Crippen molar-refractivity contribution in [3.05, 3.63) is 95.3 Å². The van der Waals surface area contributed by atoms with Gasteiger partial charge in [0.2, 0.25) is 0 Å². The van der Waals surface area contributed by atoms with Gasteiger partial charge in [0.05, 0.1) is 0 Å². The molecule has 0 fully saturated rings. The van der Waals surface area contributed by atoms with Gasteiger partial charge in [0.25, 0.3) is 0 Å². The lowest BCUT2D eigenvalue weighted by Crippen LogP contribution is -2.08. The summed E-state index contributed by atoms with van der Waals surface area (Å²) < 4.78 is 13.8. The van der Waals surface area contributed by atoms with E-state index in [4.69, 9.17) is 0 Å². The van der Waals surface area contributed by atoms with Crippen molar-refractivity contribution in [1.82, 2.24) is 0 Å². The summed E-state index contributed by atoms with van der Waals surface area (Å²) in [4.78, 5) is 0. The van der Waals surface area contributed by atoms with Crippen LogP contribution < -0.4 is 5.30 Å². The van der Waals surface area contributed by atoms with Crippen molar-refractivity contribution >= 4 is 29.3 Å². The molecule has 1 aliphatic rings. The number of benzene rings is 3. The molecule has 24 heavy (non-hydrogen) atoms. The third kappa shape index (κ3) is 2.56. The molecule has 1 atom stereocenters. The Kier molecular flexibility index (Phi) is 3.75. The van der Waals surface area contributed by atoms with Gasteiger partial charge < -0.3 is 4.57 Å². The van der Waals surface area contributed by atoms with Crippen molar-refractivity contribution in [2.75, 3.05) is 6.66 Å².